The van der Waals surface area contributed by atoms with Gasteiger partial charge in [0.15, 0.2) is 5.78 Å². The van der Waals surface area contributed by atoms with Crippen LogP contribution in [0, 0.1) is 17.4 Å². The molecule has 3 atom stereocenters. The molecule has 0 bridgehead atoms. The third kappa shape index (κ3) is 12.2. The zero-order valence-electron chi connectivity index (χ0n) is 24.1. The van der Waals surface area contributed by atoms with Crippen molar-refractivity contribution in [3.63, 3.8) is 0 Å². The van der Waals surface area contributed by atoms with E-state index in [9.17, 15) is 24.3 Å². The number of phenolic OH excluding ortho intramolecular Hbond substituents is 1. The maximum absolute atomic E-state index is 13.4. The van der Waals surface area contributed by atoms with Gasteiger partial charge in [-0.25, -0.2) is 10.3 Å². The van der Waals surface area contributed by atoms with Crippen molar-refractivity contribution < 1.29 is 29.0 Å². The van der Waals surface area contributed by atoms with Crippen molar-refractivity contribution in [2.45, 2.75) is 71.7 Å². The maximum atomic E-state index is 13.4. The Morgan fingerprint density at radius 3 is 1.85 bits per heavy atom. The molecular formula is C30H41N5O6. The van der Waals surface area contributed by atoms with Gasteiger partial charge >= 0.3 is 6.09 Å². The molecule has 11 heteroatoms. The molecule has 41 heavy (non-hydrogen) atoms. The molecule has 5 N–H and O–H groups in total. The van der Waals surface area contributed by atoms with E-state index < -0.39 is 48.4 Å². The van der Waals surface area contributed by atoms with Crippen LogP contribution in [0.25, 0.3) is 0 Å². The summed E-state index contributed by atoms with van der Waals surface area (Å²) < 4.78 is 5.29. The summed E-state index contributed by atoms with van der Waals surface area (Å²) >= 11 is 0. The summed E-state index contributed by atoms with van der Waals surface area (Å²) in [6.07, 6.45) is -0.0333. The highest BCUT2D eigenvalue weighted by atomic mass is 16.5. The van der Waals surface area contributed by atoms with Crippen molar-refractivity contribution in [3.05, 3.63) is 65.7 Å². The van der Waals surface area contributed by atoms with Crippen molar-refractivity contribution in [2.75, 3.05) is 6.54 Å². The average molecular weight is 568 g/mol. The fourth-order valence-electron chi connectivity index (χ4n) is 4.16. The third-order valence-corrected chi connectivity index (χ3v) is 6.18. The lowest BCUT2D eigenvalue weighted by atomic mass is 9.98. The molecule has 0 fully saturated rings. The minimum absolute atomic E-state index is 0.0212. The van der Waals surface area contributed by atoms with E-state index in [1.807, 2.05) is 58.0 Å². The van der Waals surface area contributed by atoms with Crippen LogP contribution in [0.5, 0.6) is 5.75 Å². The lowest BCUT2D eigenvalue weighted by Crippen LogP contribution is -2.56. The SMILES string of the molecule is CC(C)CC(NC(=O)OCc1ccccc1)C(=O)NC(CC(C)C)C(=O)NC(Cc1ccc(O)cc1)C(=O)CN=N. The van der Waals surface area contributed by atoms with Crippen LogP contribution in [-0.4, -0.2) is 53.5 Å². The number of carbonyl (C=O) groups is 4. The van der Waals surface area contributed by atoms with E-state index in [2.05, 4.69) is 21.1 Å². The molecule has 0 aliphatic rings. The number of hydrogen-bond acceptors (Lipinski definition) is 8. The molecule has 0 saturated carbocycles. The molecule has 222 valence electrons. The first-order valence-corrected chi connectivity index (χ1v) is 13.7. The first-order valence-electron chi connectivity index (χ1n) is 13.7. The van der Waals surface area contributed by atoms with Gasteiger partial charge in [0.25, 0.3) is 0 Å². The van der Waals surface area contributed by atoms with Crippen LogP contribution in [0.15, 0.2) is 59.7 Å². The molecule has 0 aliphatic carbocycles. The van der Waals surface area contributed by atoms with E-state index in [1.54, 1.807) is 12.1 Å². The fraction of sp³-hybridized carbons (Fsp3) is 0.467. The van der Waals surface area contributed by atoms with Crippen molar-refractivity contribution in [3.8, 4) is 5.75 Å². The van der Waals surface area contributed by atoms with Crippen LogP contribution in [0.2, 0.25) is 0 Å². The summed E-state index contributed by atoms with van der Waals surface area (Å²) in [5.74, 6) is -1.43. The summed E-state index contributed by atoms with van der Waals surface area (Å²) in [4.78, 5) is 52.0. The smallest absolute Gasteiger partial charge is 0.408 e. The number of Topliss-reactive ketones (excluding diaryl/α,β-unsaturated/α-hetero) is 1. The summed E-state index contributed by atoms with van der Waals surface area (Å²) in [6.45, 7) is 7.25. The fourth-order valence-corrected chi connectivity index (χ4v) is 4.16. The summed E-state index contributed by atoms with van der Waals surface area (Å²) in [5.41, 5.74) is 8.57. The second-order valence-corrected chi connectivity index (χ2v) is 10.8. The van der Waals surface area contributed by atoms with Gasteiger partial charge in [-0.3, -0.25) is 14.4 Å². The highest BCUT2D eigenvalue weighted by Crippen LogP contribution is 2.14. The van der Waals surface area contributed by atoms with Crippen molar-refractivity contribution in [2.24, 2.45) is 17.0 Å². The molecule has 3 unspecified atom stereocenters. The Labute approximate surface area is 240 Å². The Morgan fingerprint density at radius 2 is 1.32 bits per heavy atom. The van der Waals surface area contributed by atoms with Crippen molar-refractivity contribution in [1.82, 2.24) is 16.0 Å². The number of phenols is 1. The highest BCUT2D eigenvalue weighted by Gasteiger charge is 2.30. The van der Waals surface area contributed by atoms with Gasteiger partial charge in [-0.05, 0) is 54.4 Å². The monoisotopic (exact) mass is 567 g/mol. The number of nitrogens with one attached hydrogen (secondary N) is 4. The number of carbonyl (C=O) groups excluding carboxylic acids is 4. The van der Waals surface area contributed by atoms with Gasteiger partial charge in [-0.15, -0.1) is 0 Å². The Bertz CT molecular complexity index is 1150. The highest BCUT2D eigenvalue weighted by molar-refractivity contribution is 5.95. The normalized spacial score (nSPS) is 13.1. The number of amides is 3. The van der Waals surface area contributed by atoms with Crippen LogP contribution in [0.1, 0.15) is 51.7 Å². The second-order valence-electron chi connectivity index (χ2n) is 10.8. The lowest BCUT2D eigenvalue weighted by molar-refractivity contribution is -0.132. The standard InChI is InChI=1S/C30H41N5O6/c1-19(2)14-25(28(38)33-24(27(37)17-32-31)16-21-10-12-23(36)13-11-21)34-29(39)26(15-20(3)4)35-30(40)41-18-22-8-6-5-7-9-22/h5-13,19-20,24-26,31,36H,14-18H2,1-4H3,(H,33,38)(H,34,39)(H,35,40). The number of alkyl carbamates (subject to hydrolysis) is 1. The molecule has 0 saturated heterocycles. The van der Waals surface area contributed by atoms with Gasteiger partial charge in [0.1, 0.15) is 31.0 Å². The lowest BCUT2D eigenvalue weighted by Gasteiger charge is -2.26. The van der Waals surface area contributed by atoms with E-state index in [0.29, 0.717) is 12.0 Å². The van der Waals surface area contributed by atoms with Gasteiger partial charge in [0.05, 0.1) is 6.04 Å². The summed E-state index contributed by atoms with van der Waals surface area (Å²) in [7, 11) is 0. The number of hydrogen-bond donors (Lipinski definition) is 5. The molecule has 2 aromatic rings. The molecule has 0 heterocycles. The predicted octanol–water partition coefficient (Wildman–Crippen LogP) is 3.89. The molecule has 0 radical (unpaired) electrons. The number of nitrogens with zero attached hydrogens (tertiary/aromatic N) is 1. The Balaban J connectivity index is 2.14. The van der Waals surface area contributed by atoms with Crippen LogP contribution in [0.3, 0.4) is 0 Å². The zero-order chi connectivity index (χ0) is 30.4. The van der Waals surface area contributed by atoms with E-state index in [4.69, 9.17) is 10.3 Å². The van der Waals surface area contributed by atoms with E-state index >= 15 is 0 Å². The first kappa shape index (κ1) is 32.9. The van der Waals surface area contributed by atoms with Gasteiger partial charge < -0.3 is 25.8 Å². The Morgan fingerprint density at radius 1 is 0.780 bits per heavy atom. The minimum Gasteiger partial charge on any atom is -0.508 e. The van der Waals surface area contributed by atoms with Gasteiger partial charge in [0, 0.05) is 0 Å². The van der Waals surface area contributed by atoms with Gasteiger partial charge in [-0.2, -0.15) is 5.11 Å². The van der Waals surface area contributed by atoms with Gasteiger partial charge in [-0.1, -0.05) is 70.2 Å². The molecule has 3 amide bonds. The molecule has 2 aromatic carbocycles. The topological polar surface area (TPSA) is 170 Å². The quantitative estimate of drug-likeness (QED) is 0.193. The molecular weight excluding hydrogens is 526 g/mol. The molecule has 0 spiro atoms. The van der Waals surface area contributed by atoms with E-state index in [1.165, 1.54) is 12.1 Å². The zero-order valence-corrected chi connectivity index (χ0v) is 24.1. The molecule has 2 rings (SSSR count). The predicted molar refractivity (Wildman–Crippen MR) is 153 cm³/mol. The van der Waals surface area contributed by atoms with Crippen molar-refractivity contribution in [1.29, 1.82) is 5.53 Å². The average Bonchev–Trinajstić information content (AvgIpc) is 2.92. The Kier molecular flexibility index (Phi) is 13.4. The maximum Gasteiger partial charge on any atom is 0.408 e. The number of aromatic hydroxyl groups is 1. The van der Waals surface area contributed by atoms with Crippen LogP contribution in [-0.2, 0) is 32.1 Å². The minimum atomic E-state index is -0.995. The van der Waals surface area contributed by atoms with Crippen LogP contribution in [0.4, 0.5) is 4.79 Å². The summed E-state index contributed by atoms with van der Waals surface area (Å²) in [6, 6.07) is 12.4. The van der Waals surface area contributed by atoms with Gasteiger partial charge in [0.2, 0.25) is 11.8 Å². The van der Waals surface area contributed by atoms with E-state index in [-0.39, 0.29) is 37.0 Å². The van der Waals surface area contributed by atoms with Crippen LogP contribution < -0.4 is 16.0 Å². The summed E-state index contributed by atoms with van der Waals surface area (Å²) in [5, 5.41) is 20.8. The third-order valence-electron chi connectivity index (χ3n) is 6.18. The number of ether oxygens (including phenoxy) is 1. The van der Waals surface area contributed by atoms with Crippen molar-refractivity contribution >= 4 is 23.7 Å². The Hall–Kier alpha value is -4.28. The van der Waals surface area contributed by atoms with E-state index in [0.717, 1.165) is 5.56 Å². The molecule has 0 aliphatic heterocycles. The van der Waals surface area contributed by atoms with Crippen LogP contribution >= 0.6 is 0 Å². The largest absolute Gasteiger partial charge is 0.508 e. The number of ketones is 1. The molecule has 11 nitrogen and oxygen atoms in total. The number of rotatable bonds is 16. The number of benzene rings is 2. The first-order chi connectivity index (χ1) is 19.5. The second kappa shape index (κ2) is 16.7. The molecule has 0 aromatic heterocycles.